The van der Waals surface area contributed by atoms with Gasteiger partial charge in [0, 0.05) is 0 Å². The van der Waals surface area contributed by atoms with Crippen molar-refractivity contribution in [2.45, 2.75) is 6.92 Å². The first-order valence-corrected chi connectivity index (χ1v) is 3.68. The largest absolute Gasteiger partial charge is 0.289 e. The lowest BCUT2D eigenvalue weighted by atomic mass is 10.6. The van der Waals surface area contributed by atoms with E-state index in [1.54, 1.807) is 17.8 Å². The van der Waals surface area contributed by atoms with E-state index in [1.165, 1.54) is 0 Å². The van der Waals surface area contributed by atoms with Crippen LogP contribution in [0.25, 0.3) is 0 Å². The molecule has 9 heavy (non-hydrogen) atoms. The molecule has 0 fully saturated rings. The molecule has 0 aromatic rings. The standard InChI is InChI=1S/C7H8OS/c1-2-9-7-5-3-4-6-8/h5-7H,2H2,1H3. The second-order valence-corrected chi connectivity index (χ2v) is 2.35. The molecule has 0 aromatic carbocycles. The van der Waals surface area contributed by atoms with E-state index in [1.807, 2.05) is 5.41 Å². The Morgan fingerprint density at radius 2 is 2.33 bits per heavy atom. The maximum Gasteiger partial charge on any atom is 0.193 e. The van der Waals surface area contributed by atoms with Crippen molar-refractivity contribution >= 4 is 18.0 Å². The summed E-state index contributed by atoms with van der Waals surface area (Å²) in [5.74, 6) is 5.87. The van der Waals surface area contributed by atoms with Crippen LogP contribution in [0, 0.1) is 11.8 Å². The zero-order valence-corrected chi connectivity index (χ0v) is 6.07. The van der Waals surface area contributed by atoms with Crippen LogP contribution in [0.3, 0.4) is 0 Å². The smallest absolute Gasteiger partial charge is 0.193 e. The Balaban J connectivity index is 3.34. The van der Waals surface area contributed by atoms with Crippen molar-refractivity contribution in [2.75, 3.05) is 5.75 Å². The summed E-state index contributed by atoms with van der Waals surface area (Å²) in [6.07, 6.45) is 2.25. The van der Waals surface area contributed by atoms with Crippen LogP contribution in [0.2, 0.25) is 0 Å². The van der Waals surface area contributed by atoms with E-state index < -0.39 is 0 Å². The first kappa shape index (κ1) is 8.32. The van der Waals surface area contributed by atoms with E-state index in [-0.39, 0.29) is 0 Å². The number of aldehydes is 1. The Kier molecular flexibility index (Phi) is 6.77. The number of carbonyl (C=O) groups is 1. The number of thioether (sulfide) groups is 1. The summed E-state index contributed by atoms with van der Waals surface area (Å²) in [6, 6.07) is 0. The molecule has 48 valence electrons. The molecule has 0 aliphatic heterocycles. The van der Waals surface area contributed by atoms with E-state index in [9.17, 15) is 4.79 Å². The molecule has 0 amide bonds. The van der Waals surface area contributed by atoms with Gasteiger partial charge in [-0.2, -0.15) is 0 Å². The van der Waals surface area contributed by atoms with Gasteiger partial charge in [-0.1, -0.05) is 12.8 Å². The maximum atomic E-state index is 9.62. The van der Waals surface area contributed by atoms with Crippen LogP contribution in [0.4, 0.5) is 0 Å². The number of hydrogen-bond acceptors (Lipinski definition) is 2. The van der Waals surface area contributed by atoms with Gasteiger partial charge < -0.3 is 0 Å². The summed E-state index contributed by atoms with van der Waals surface area (Å²) in [4.78, 5) is 9.62. The van der Waals surface area contributed by atoms with Crippen molar-refractivity contribution in [3.8, 4) is 11.8 Å². The quantitative estimate of drug-likeness (QED) is 0.426. The van der Waals surface area contributed by atoms with Gasteiger partial charge in [-0.25, -0.2) is 0 Å². The molecule has 0 aliphatic rings. The van der Waals surface area contributed by atoms with Gasteiger partial charge in [0.25, 0.3) is 0 Å². The van der Waals surface area contributed by atoms with Crippen LogP contribution in [0.15, 0.2) is 11.5 Å². The van der Waals surface area contributed by atoms with Crippen molar-refractivity contribution in [1.82, 2.24) is 0 Å². The lowest BCUT2D eigenvalue weighted by Gasteiger charge is -1.77. The van der Waals surface area contributed by atoms with E-state index in [2.05, 4.69) is 18.8 Å². The molecule has 0 unspecified atom stereocenters. The Bertz CT molecular complexity index is 150. The summed E-state index contributed by atoms with van der Waals surface area (Å²) in [5, 5.41) is 1.87. The molecule has 0 saturated heterocycles. The molecule has 2 heteroatoms. The third-order valence-corrected chi connectivity index (χ3v) is 1.22. The summed E-state index contributed by atoms with van der Waals surface area (Å²) in [5.41, 5.74) is 0. The fourth-order valence-electron chi connectivity index (χ4n) is 0.260. The van der Waals surface area contributed by atoms with Crippen LogP contribution in [0.5, 0.6) is 0 Å². The predicted molar refractivity (Wildman–Crippen MR) is 41.1 cm³/mol. The van der Waals surface area contributed by atoms with Crippen molar-refractivity contribution in [1.29, 1.82) is 0 Å². The van der Waals surface area contributed by atoms with Crippen molar-refractivity contribution in [3.63, 3.8) is 0 Å². The minimum atomic E-state index is 0.584. The zero-order valence-electron chi connectivity index (χ0n) is 5.26. The summed E-state index contributed by atoms with van der Waals surface area (Å²) < 4.78 is 0. The minimum absolute atomic E-state index is 0.584. The zero-order chi connectivity index (χ0) is 6.95. The molecule has 0 aliphatic carbocycles. The molecule has 0 N–H and O–H groups in total. The normalized spacial score (nSPS) is 8.56. The predicted octanol–water partition coefficient (Wildman–Crippen LogP) is 1.46. The lowest BCUT2D eigenvalue weighted by Crippen LogP contribution is -1.58. The average molecular weight is 140 g/mol. The number of rotatable bonds is 2. The highest BCUT2D eigenvalue weighted by Gasteiger charge is 1.67. The van der Waals surface area contributed by atoms with E-state index >= 15 is 0 Å². The molecular weight excluding hydrogens is 132 g/mol. The van der Waals surface area contributed by atoms with Gasteiger partial charge in [-0.3, -0.25) is 4.79 Å². The molecule has 0 rings (SSSR count). The van der Waals surface area contributed by atoms with Gasteiger partial charge in [-0.05, 0) is 23.2 Å². The van der Waals surface area contributed by atoms with Crippen LogP contribution in [0.1, 0.15) is 6.92 Å². The van der Waals surface area contributed by atoms with Crippen molar-refractivity contribution < 1.29 is 4.79 Å². The van der Waals surface area contributed by atoms with Gasteiger partial charge in [-0.15, -0.1) is 11.8 Å². The first-order valence-electron chi connectivity index (χ1n) is 2.63. The second kappa shape index (κ2) is 7.32. The number of carbonyl (C=O) groups excluding carboxylic acids is 1. The molecule has 0 heterocycles. The Morgan fingerprint density at radius 1 is 1.56 bits per heavy atom. The molecule has 0 bridgehead atoms. The topological polar surface area (TPSA) is 17.1 Å². The number of hydrogen-bond donors (Lipinski definition) is 0. The van der Waals surface area contributed by atoms with Crippen LogP contribution in [-0.2, 0) is 4.79 Å². The molecule has 0 spiro atoms. The third kappa shape index (κ3) is 7.32. The van der Waals surface area contributed by atoms with Gasteiger partial charge in [0.2, 0.25) is 0 Å². The Hall–Kier alpha value is -0.680. The third-order valence-electron chi connectivity index (χ3n) is 0.557. The van der Waals surface area contributed by atoms with Gasteiger partial charge in [0.15, 0.2) is 6.29 Å². The van der Waals surface area contributed by atoms with E-state index in [0.29, 0.717) is 6.29 Å². The SMILES string of the molecule is CCSC=CC#CC=O. The summed E-state index contributed by atoms with van der Waals surface area (Å²) in [6.45, 7) is 2.06. The van der Waals surface area contributed by atoms with Gasteiger partial charge >= 0.3 is 0 Å². The molecule has 0 radical (unpaired) electrons. The van der Waals surface area contributed by atoms with E-state index in [4.69, 9.17) is 0 Å². The second-order valence-electron chi connectivity index (χ2n) is 1.16. The Morgan fingerprint density at radius 3 is 2.89 bits per heavy atom. The van der Waals surface area contributed by atoms with Crippen molar-refractivity contribution in [3.05, 3.63) is 11.5 Å². The molecular formula is C7H8OS. The molecule has 0 saturated carbocycles. The monoisotopic (exact) mass is 140 g/mol. The Labute approximate surface area is 59.5 Å². The fraction of sp³-hybridized carbons (Fsp3) is 0.286. The highest BCUT2D eigenvalue weighted by molar-refractivity contribution is 8.02. The van der Waals surface area contributed by atoms with Crippen LogP contribution in [-0.4, -0.2) is 12.0 Å². The molecule has 0 aromatic heterocycles. The highest BCUT2D eigenvalue weighted by atomic mass is 32.2. The number of allylic oxidation sites excluding steroid dienone is 1. The molecule has 0 atom stereocenters. The van der Waals surface area contributed by atoms with Gasteiger partial charge in [0.05, 0.1) is 0 Å². The van der Waals surface area contributed by atoms with E-state index in [0.717, 1.165) is 5.75 Å². The lowest BCUT2D eigenvalue weighted by molar-refractivity contribution is -0.103. The first-order chi connectivity index (χ1) is 4.41. The minimum Gasteiger partial charge on any atom is -0.289 e. The summed E-state index contributed by atoms with van der Waals surface area (Å²) >= 11 is 1.66. The van der Waals surface area contributed by atoms with Crippen LogP contribution < -0.4 is 0 Å². The highest BCUT2D eigenvalue weighted by Crippen LogP contribution is 1.97. The van der Waals surface area contributed by atoms with Crippen LogP contribution >= 0.6 is 11.8 Å². The fourth-order valence-corrected chi connectivity index (χ4v) is 0.617. The molecule has 1 nitrogen and oxygen atoms in total. The average Bonchev–Trinajstić information content (AvgIpc) is 1.89. The van der Waals surface area contributed by atoms with Gasteiger partial charge in [0.1, 0.15) is 0 Å². The summed E-state index contributed by atoms with van der Waals surface area (Å²) in [7, 11) is 0. The van der Waals surface area contributed by atoms with Crippen molar-refractivity contribution in [2.24, 2.45) is 0 Å². The maximum absolute atomic E-state index is 9.62.